The third-order valence-electron chi connectivity index (χ3n) is 5.09. The molecule has 0 spiro atoms. The molecule has 0 unspecified atom stereocenters. The first-order valence-corrected chi connectivity index (χ1v) is 11.0. The molecule has 0 aliphatic carbocycles. The van der Waals surface area contributed by atoms with Crippen molar-refractivity contribution in [2.45, 2.75) is 6.18 Å². The molecule has 13 heteroatoms. The lowest BCUT2D eigenvalue weighted by atomic mass is 10.1. The maximum Gasteiger partial charge on any atom is 0.416 e. The van der Waals surface area contributed by atoms with E-state index in [2.05, 4.69) is 21.2 Å². The predicted molar refractivity (Wildman–Crippen MR) is 128 cm³/mol. The number of anilines is 1. The molecule has 1 fully saturated rings. The number of nitro groups is 1. The number of urea groups is 1. The van der Waals surface area contributed by atoms with Crippen molar-refractivity contribution in [1.82, 2.24) is 5.32 Å². The van der Waals surface area contributed by atoms with Crippen molar-refractivity contribution in [3.8, 4) is 11.5 Å². The number of para-hydroxylation sites is 1. The van der Waals surface area contributed by atoms with Gasteiger partial charge in [0, 0.05) is 16.1 Å². The summed E-state index contributed by atoms with van der Waals surface area (Å²) in [7, 11) is 0. The number of carbonyl (C=O) groups excluding carboxylic acids is 3. The van der Waals surface area contributed by atoms with Gasteiger partial charge in [-0.15, -0.1) is 0 Å². The zero-order valence-electron chi connectivity index (χ0n) is 18.3. The molecular weight excluding hydrogens is 563 g/mol. The highest BCUT2D eigenvalue weighted by molar-refractivity contribution is 9.10. The van der Waals surface area contributed by atoms with Crippen molar-refractivity contribution in [2.75, 3.05) is 4.90 Å². The maximum atomic E-state index is 13.1. The Bertz CT molecular complexity index is 1470. The van der Waals surface area contributed by atoms with Crippen LogP contribution in [0.25, 0.3) is 6.08 Å². The highest BCUT2D eigenvalue weighted by Gasteiger charge is 2.37. The molecule has 1 aliphatic heterocycles. The van der Waals surface area contributed by atoms with Crippen LogP contribution in [0.2, 0.25) is 0 Å². The van der Waals surface area contributed by atoms with Crippen LogP contribution in [0.5, 0.6) is 11.5 Å². The number of ether oxygens (including phenoxy) is 1. The molecular formula is C24H13BrF3N3O6. The summed E-state index contributed by atoms with van der Waals surface area (Å²) in [6, 6.07) is 12.9. The summed E-state index contributed by atoms with van der Waals surface area (Å²) in [5.41, 5.74) is -2.35. The van der Waals surface area contributed by atoms with E-state index in [1.165, 1.54) is 30.3 Å². The maximum absolute atomic E-state index is 13.1. The summed E-state index contributed by atoms with van der Waals surface area (Å²) < 4.78 is 45.2. The first-order chi connectivity index (χ1) is 17.5. The van der Waals surface area contributed by atoms with Gasteiger partial charge < -0.3 is 4.74 Å². The number of hydrogen-bond donors (Lipinski definition) is 1. The Hall–Kier alpha value is -4.52. The van der Waals surface area contributed by atoms with Crippen LogP contribution >= 0.6 is 15.9 Å². The molecule has 0 aromatic heterocycles. The largest absolute Gasteiger partial charge is 0.449 e. The van der Waals surface area contributed by atoms with E-state index in [4.69, 9.17) is 4.74 Å². The molecule has 1 N–H and O–H groups in total. The highest BCUT2D eigenvalue weighted by Crippen LogP contribution is 2.39. The topological polar surface area (TPSA) is 119 Å². The molecule has 0 atom stereocenters. The lowest BCUT2D eigenvalue weighted by molar-refractivity contribution is -0.385. The van der Waals surface area contributed by atoms with E-state index in [1.54, 1.807) is 18.2 Å². The number of barbiturate groups is 1. The Morgan fingerprint density at radius 3 is 2.30 bits per heavy atom. The SMILES string of the molecule is O=C1NC(=O)N(c2ccccc2)C(=O)/C1=C/c1cc(Br)ccc1Oc1ccc(C(F)(F)F)cc1[N+](=O)[O-]. The minimum absolute atomic E-state index is 0.0735. The van der Waals surface area contributed by atoms with Gasteiger partial charge in [0.15, 0.2) is 0 Å². The average Bonchev–Trinajstić information content (AvgIpc) is 2.83. The number of alkyl halides is 3. The van der Waals surface area contributed by atoms with Crippen molar-refractivity contribution in [3.05, 3.63) is 98.0 Å². The lowest BCUT2D eigenvalue weighted by Gasteiger charge is -2.26. The molecule has 4 amide bonds. The zero-order valence-corrected chi connectivity index (χ0v) is 19.9. The van der Waals surface area contributed by atoms with Crippen molar-refractivity contribution < 1.29 is 37.2 Å². The van der Waals surface area contributed by atoms with Gasteiger partial charge in [0.2, 0.25) is 5.75 Å². The standard InChI is InChI=1S/C24H13BrF3N3O6/c25-15-7-9-19(37-20-8-6-14(24(26,27)28)12-18(20)31(35)36)13(10-15)11-17-21(32)29-23(34)30(22(17)33)16-4-2-1-3-5-16/h1-12H,(H,29,32,34)/b17-11+. The summed E-state index contributed by atoms with van der Waals surface area (Å²) in [5, 5.41) is 13.5. The number of nitro benzene ring substituents is 1. The quantitative estimate of drug-likeness (QED) is 0.177. The normalized spacial score (nSPS) is 15.1. The van der Waals surface area contributed by atoms with Gasteiger partial charge in [-0.3, -0.25) is 25.0 Å². The van der Waals surface area contributed by atoms with Crippen LogP contribution < -0.4 is 15.0 Å². The Balaban J connectivity index is 1.76. The van der Waals surface area contributed by atoms with Crippen LogP contribution in [0.3, 0.4) is 0 Å². The van der Waals surface area contributed by atoms with E-state index in [1.807, 2.05) is 0 Å². The minimum atomic E-state index is -4.81. The first-order valence-electron chi connectivity index (χ1n) is 10.3. The Labute approximate surface area is 214 Å². The van der Waals surface area contributed by atoms with Crippen LogP contribution in [-0.4, -0.2) is 22.8 Å². The summed E-state index contributed by atoms with van der Waals surface area (Å²) in [5.74, 6) is -2.54. The van der Waals surface area contributed by atoms with E-state index in [9.17, 15) is 37.7 Å². The number of imide groups is 2. The number of rotatable bonds is 5. The Morgan fingerprint density at radius 2 is 1.65 bits per heavy atom. The zero-order chi connectivity index (χ0) is 26.9. The second-order valence-corrected chi connectivity index (χ2v) is 8.43. The fourth-order valence-corrected chi connectivity index (χ4v) is 3.77. The lowest BCUT2D eigenvalue weighted by Crippen LogP contribution is -2.54. The van der Waals surface area contributed by atoms with Gasteiger partial charge in [-0.05, 0) is 48.5 Å². The van der Waals surface area contributed by atoms with E-state index >= 15 is 0 Å². The molecule has 1 heterocycles. The van der Waals surface area contributed by atoms with Crippen molar-refractivity contribution in [2.24, 2.45) is 0 Å². The average molecular weight is 576 g/mol. The number of halogens is 4. The van der Waals surface area contributed by atoms with Crippen LogP contribution in [0, 0.1) is 10.1 Å². The van der Waals surface area contributed by atoms with Gasteiger partial charge in [-0.2, -0.15) is 13.2 Å². The fraction of sp³-hybridized carbons (Fsp3) is 0.0417. The number of benzene rings is 3. The second-order valence-electron chi connectivity index (χ2n) is 7.51. The number of nitrogens with zero attached hydrogens (tertiary/aromatic N) is 2. The van der Waals surface area contributed by atoms with Crippen LogP contribution in [-0.2, 0) is 15.8 Å². The van der Waals surface area contributed by atoms with E-state index in [0.29, 0.717) is 16.6 Å². The summed E-state index contributed by atoms with van der Waals surface area (Å²) in [6.07, 6.45) is -3.71. The van der Waals surface area contributed by atoms with E-state index in [-0.39, 0.29) is 17.0 Å². The first kappa shape index (κ1) is 25.6. The molecule has 9 nitrogen and oxygen atoms in total. The van der Waals surface area contributed by atoms with E-state index in [0.717, 1.165) is 17.0 Å². The molecule has 3 aromatic rings. The van der Waals surface area contributed by atoms with Crippen molar-refractivity contribution in [3.63, 3.8) is 0 Å². The molecule has 188 valence electrons. The van der Waals surface area contributed by atoms with Crippen molar-refractivity contribution in [1.29, 1.82) is 0 Å². The molecule has 0 bridgehead atoms. The molecule has 3 aromatic carbocycles. The number of nitrogens with one attached hydrogen (secondary N) is 1. The number of amides is 4. The van der Waals surface area contributed by atoms with Crippen molar-refractivity contribution >= 4 is 51.2 Å². The summed E-state index contributed by atoms with van der Waals surface area (Å²) in [4.78, 5) is 49.2. The van der Waals surface area contributed by atoms with Gasteiger partial charge in [0.25, 0.3) is 11.8 Å². The number of carbonyl (C=O) groups is 3. The smallest absolute Gasteiger partial charge is 0.416 e. The second kappa shape index (κ2) is 9.85. The van der Waals surface area contributed by atoms with Crippen LogP contribution in [0.4, 0.5) is 29.3 Å². The van der Waals surface area contributed by atoms with Gasteiger partial charge >= 0.3 is 17.9 Å². The summed E-state index contributed by atoms with van der Waals surface area (Å²) in [6.45, 7) is 0. The molecule has 0 radical (unpaired) electrons. The highest BCUT2D eigenvalue weighted by atomic mass is 79.9. The van der Waals surface area contributed by atoms with Crippen LogP contribution in [0.15, 0.2) is 76.8 Å². The van der Waals surface area contributed by atoms with Crippen LogP contribution in [0.1, 0.15) is 11.1 Å². The minimum Gasteiger partial charge on any atom is -0.449 e. The molecule has 4 rings (SSSR count). The molecule has 0 saturated carbocycles. The van der Waals surface area contributed by atoms with Gasteiger partial charge in [-0.25, -0.2) is 9.69 Å². The monoisotopic (exact) mass is 575 g/mol. The van der Waals surface area contributed by atoms with Gasteiger partial charge in [0.1, 0.15) is 11.3 Å². The van der Waals surface area contributed by atoms with Gasteiger partial charge in [-0.1, -0.05) is 34.1 Å². The summed E-state index contributed by atoms with van der Waals surface area (Å²) >= 11 is 3.24. The fourth-order valence-electron chi connectivity index (χ4n) is 3.39. The molecule has 1 aliphatic rings. The predicted octanol–water partition coefficient (Wildman–Crippen LogP) is 5.83. The van der Waals surface area contributed by atoms with Gasteiger partial charge in [0.05, 0.1) is 16.2 Å². The van der Waals surface area contributed by atoms with E-state index < -0.39 is 51.5 Å². The third-order valence-corrected chi connectivity index (χ3v) is 5.58. The molecule has 37 heavy (non-hydrogen) atoms. The molecule has 1 saturated heterocycles. The third kappa shape index (κ3) is 5.35. The Kier molecular flexibility index (Phi) is 6.81. The number of hydrogen-bond acceptors (Lipinski definition) is 6. The Morgan fingerprint density at radius 1 is 0.973 bits per heavy atom.